The van der Waals surface area contributed by atoms with E-state index in [0.717, 1.165) is 71.0 Å². The van der Waals surface area contributed by atoms with Gasteiger partial charge in [0, 0.05) is 175 Å². The molecule has 12 aromatic carbocycles. The second kappa shape index (κ2) is 30.8. The SMILES string of the molecule is CC1=Cc2c(cccc2N2CCCc3ccccc32)C1CC1C(C)=Cc2c1cccc2N1c2ccccc2CC1C.CC1=Cc2c(cccc2N2CCc3ccccc32)C1CC1C(C)=Cc2c1cccc2N1c2ccccc2CC1C.CC1=Cc2c(cccc2N2CCc3ccccc32)C1CC1C(C)=Cc2c1cccc2N1c2ccccc2CCC1C. The van der Waals surface area contributed by atoms with E-state index in [4.69, 9.17) is 0 Å². The van der Waals surface area contributed by atoms with E-state index in [9.17, 15) is 0 Å². The molecule has 122 heavy (non-hydrogen) atoms. The van der Waals surface area contributed by atoms with Gasteiger partial charge >= 0.3 is 0 Å². The molecule has 9 unspecified atom stereocenters. The van der Waals surface area contributed by atoms with Gasteiger partial charge in [0.2, 0.25) is 0 Å². The largest absolute Gasteiger partial charge is 0.341 e. The first-order chi connectivity index (χ1) is 59.7. The van der Waals surface area contributed by atoms with E-state index in [-0.39, 0.29) is 0 Å². The standard InChI is InChI=1S/2C39H38N2.C38H36N2/c1-25-21-34-30(14-8-18-38(34)40-20-10-13-28-11-4-6-16-36(28)40)32(25)24-33-26(2)22-35-31(33)15-9-19-39(35)41-27(3)23-29-12-5-7-17-37(29)41;1-25-22-34-30(12-8-16-38(34)40-21-20-29-11-4-6-14-36(29)40)32(25)24-33-26(2)23-35-31(33)13-9-17-39(35)41-27(3)18-19-28-10-5-7-15-37(28)41;1-24-20-33-29(12-8-16-37(33)39-19-18-27-10-4-6-14-35(27)39)31(24)23-32-25(2)21-34-30(32)13-9-17-38(34)40-26(3)22-28-11-5-7-15-36(28)40/h4-9,11-12,14-19,21-22,27,32-33H,10,13,20,23-24H2,1-3H3;4-17,22-23,27,32-33H,18-21,24H2,1-3H3;4-17,20-21,26,31-32H,18-19,22-23H2,1-3H3. The van der Waals surface area contributed by atoms with Gasteiger partial charge in [-0.3, -0.25) is 0 Å². The first kappa shape index (κ1) is 76.0. The molecule has 0 bridgehead atoms. The van der Waals surface area contributed by atoms with Crippen molar-refractivity contribution in [2.75, 3.05) is 49.0 Å². The van der Waals surface area contributed by atoms with Crippen molar-refractivity contribution in [1.82, 2.24) is 0 Å². The fraction of sp³-hybridized carbons (Fsp3) is 0.276. The van der Waals surface area contributed by atoms with Crippen LogP contribution in [0.1, 0.15) is 230 Å². The first-order valence-corrected chi connectivity index (χ1v) is 45.8. The third-order valence-corrected chi connectivity index (χ3v) is 30.4. The number of para-hydroxylation sites is 6. The van der Waals surface area contributed by atoms with Crippen LogP contribution in [0.2, 0.25) is 0 Å². The van der Waals surface area contributed by atoms with Crippen molar-refractivity contribution in [1.29, 1.82) is 0 Å². The summed E-state index contributed by atoms with van der Waals surface area (Å²) in [6.45, 7) is 24.4. The number of fused-ring (bicyclic) bond motifs is 12. The number of rotatable bonds is 12. The number of benzene rings is 12. The highest BCUT2D eigenvalue weighted by Crippen LogP contribution is 2.58. The van der Waals surface area contributed by atoms with Gasteiger partial charge in [-0.25, -0.2) is 0 Å². The van der Waals surface area contributed by atoms with Crippen LogP contribution >= 0.6 is 0 Å². The summed E-state index contributed by atoms with van der Waals surface area (Å²) >= 11 is 0. The maximum absolute atomic E-state index is 2.61. The fourth-order valence-electron chi connectivity index (χ4n) is 24.4. The van der Waals surface area contributed by atoms with E-state index in [1.54, 1.807) is 0 Å². The van der Waals surface area contributed by atoms with Crippen LogP contribution < -0.4 is 29.4 Å². The zero-order valence-electron chi connectivity index (χ0n) is 72.5. The summed E-state index contributed by atoms with van der Waals surface area (Å²) in [6, 6.07) is 97.2. The molecule has 606 valence electrons. The Bertz CT molecular complexity index is 6430. The second-order valence-corrected chi connectivity index (χ2v) is 37.5. The lowest BCUT2D eigenvalue weighted by Crippen LogP contribution is -2.33. The predicted octanol–water partition coefficient (Wildman–Crippen LogP) is 29.4. The molecular weight excluding hydrogens is 1480 g/mol. The van der Waals surface area contributed by atoms with Crippen molar-refractivity contribution in [3.05, 3.63) is 388 Å². The van der Waals surface area contributed by atoms with Gasteiger partial charge < -0.3 is 29.4 Å². The lowest BCUT2D eigenvalue weighted by molar-refractivity contribution is 0.616. The maximum Gasteiger partial charge on any atom is 0.0490 e. The molecule has 24 rings (SSSR count). The van der Waals surface area contributed by atoms with Crippen LogP contribution in [0.15, 0.2) is 288 Å². The quantitative estimate of drug-likeness (QED) is 0.121. The van der Waals surface area contributed by atoms with Crippen LogP contribution in [0.4, 0.5) is 68.2 Å². The molecule has 0 aromatic heterocycles. The summed E-state index contributed by atoms with van der Waals surface area (Å²) in [4.78, 5) is 15.4. The van der Waals surface area contributed by atoms with Crippen LogP contribution in [-0.2, 0) is 38.5 Å². The molecule has 6 aliphatic heterocycles. The topological polar surface area (TPSA) is 19.4 Å². The number of hydrogen-bond acceptors (Lipinski definition) is 6. The van der Waals surface area contributed by atoms with E-state index in [0.29, 0.717) is 53.6 Å². The molecule has 12 aliphatic rings. The van der Waals surface area contributed by atoms with Crippen molar-refractivity contribution in [3.8, 4) is 0 Å². The van der Waals surface area contributed by atoms with Crippen LogP contribution in [0.25, 0.3) is 36.5 Å². The third-order valence-electron chi connectivity index (χ3n) is 30.4. The summed E-state index contributed by atoms with van der Waals surface area (Å²) in [7, 11) is 0. The molecule has 6 nitrogen and oxygen atoms in total. The highest BCUT2D eigenvalue weighted by molar-refractivity contribution is 5.90. The van der Waals surface area contributed by atoms with Gasteiger partial charge in [-0.1, -0.05) is 252 Å². The average Bonchev–Trinajstić information content (AvgIpc) is 1.57. The minimum Gasteiger partial charge on any atom is -0.341 e. The van der Waals surface area contributed by atoms with Crippen LogP contribution in [0.5, 0.6) is 0 Å². The molecule has 0 saturated heterocycles. The third kappa shape index (κ3) is 12.8. The maximum atomic E-state index is 2.61. The molecule has 12 aromatic rings. The van der Waals surface area contributed by atoms with Crippen molar-refractivity contribution in [2.24, 2.45) is 0 Å². The second-order valence-electron chi connectivity index (χ2n) is 37.5. The summed E-state index contributed by atoms with van der Waals surface area (Å²) in [6.07, 6.45) is 27.5. The Kier molecular flexibility index (Phi) is 19.2. The summed E-state index contributed by atoms with van der Waals surface area (Å²) in [5, 5.41) is 0. The van der Waals surface area contributed by atoms with Gasteiger partial charge in [0.15, 0.2) is 0 Å². The molecule has 0 spiro atoms. The van der Waals surface area contributed by atoms with Crippen molar-refractivity contribution >= 4 is 105 Å². The van der Waals surface area contributed by atoms with E-state index in [1.165, 1.54) is 221 Å². The Hall–Kier alpha value is -12.1. The van der Waals surface area contributed by atoms with Crippen LogP contribution in [0, 0.1) is 0 Å². The monoisotopic (exact) mass is 1590 g/mol. The molecule has 0 fully saturated rings. The van der Waals surface area contributed by atoms with Gasteiger partial charge in [-0.2, -0.15) is 0 Å². The fourth-order valence-corrected chi connectivity index (χ4v) is 24.4. The highest BCUT2D eigenvalue weighted by atomic mass is 15.2. The van der Waals surface area contributed by atoms with E-state index in [2.05, 4.69) is 383 Å². The Morgan fingerprint density at radius 3 is 0.787 bits per heavy atom. The van der Waals surface area contributed by atoms with Crippen LogP contribution in [0.3, 0.4) is 0 Å². The first-order valence-electron chi connectivity index (χ1n) is 45.8. The Balaban J connectivity index is 0.000000109. The summed E-state index contributed by atoms with van der Waals surface area (Å²) in [5.74, 6) is 2.66. The molecule has 6 heterocycles. The smallest absolute Gasteiger partial charge is 0.0490 e. The Morgan fingerprint density at radius 2 is 0.459 bits per heavy atom. The minimum absolute atomic E-state index is 0.441. The Labute approximate surface area is 723 Å². The molecule has 0 amide bonds. The predicted molar refractivity (Wildman–Crippen MR) is 517 cm³/mol. The number of aryl methyl sites for hydroxylation is 2. The number of anilines is 12. The lowest BCUT2D eigenvalue weighted by Gasteiger charge is -2.38. The van der Waals surface area contributed by atoms with Crippen molar-refractivity contribution in [2.45, 2.75) is 187 Å². The normalized spacial score (nSPS) is 22.2. The average molecular weight is 1590 g/mol. The van der Waals surface area contributed by atoms with Gasteiger partial charge in [0.05, 0.1) is 0 Å². The summed E-state index contributed by atoms with van der Waals surface area (Å²) < 4.78 is 0. The molecule has 0 N–H and O–H groups in total. The van der Waals surface area contributed by atoms with Gasteiger partial charge in [0.25, 0.3) is 0 Å². The highest BCUT2D eigenvalue weighted by Gasteiger charge is 2.41. The van der Waals surface area contributed by atoms with E-state index in [1.807, 2.05) is 0 Å². The zero-order valence-corrected chi connectivity index (χ0v) is 72.5. The number of nitrogens with zero attached hydrogens (tertiary/aromatic N) is 6. The van der Waals surface area contributed by atoms with E-state index < -0.39 is 0 Å². The number of allylic oxidation sites excluding steroid dienone is 6. The summed E-state index contributed by atoms with van der Waals surface area (Å²) in [5.41, 5.74) is 51.8. The minimum atomic E-state index is 0.441. The van der Waals surface area contributed by atoms with Gasteiger partial charge in [0.1, 0.15) is 0 Å². The molecule has 0 saturated carbocycles. The van der Waals surface area contributed by atoms with Crippen molar-refractivity contribution in [3.63, 3.8) is 0 Å². The molecular formula is C116H112N6. The number of hydrogen-bond donors (Lipinski definition) is 0. The van der Waals surface area contributed by atoms with Gasteiger partial charge in [-0.05, 0) is 273 Å². The van der Waals surface area contributed by atoms with E-state index >= 15 is 0 Å². The molecule has 6 aliphatic carbocycles. The molecule has 6 heteroatoms. The molecule has 0 radical (unpaired) electrons. The van der Waals surface area contributed by atoms with Gasteiger partial charge in [-0.15, -0.1) is 0 Å². The van der Waals surface area contributed by atoms with Crippen LogP contribution in [-0.4, -0.2) is 37.8 Å². The zero-order chi connectivity index (χ0) is 82.3. The molecule has 9 atom stereocenters. The van der Waals surface area contributed by atoms with Crippen molar-refractivity contribution < 1.29 is 0 Å². The Morgan fingerprint density at radius 1 is 0.221 bits per heavy atom. The lowest BCUT2D eigenvalue weighted by atomic mass is 9.82.